The fraction of sp³-hybridized carbons (Fsp3) is 0.318. The Morgan fingerprint density at radius 2 is 1.93 bits per heavy atom. The molecule has 1 fully saturated rings. The summed E-state index contributed by atoms with van der Waals surface area (Å²) in [6.07, 6.45) is 0. The number of fused-ring (bicyclic) bond motifs is 4. The Labute approximate surface area is 168 Å². The van der Waals surface area contributed by atoms with E-state index in [1.54, 1.807) is 0 Å². The molecule has 0 bridgehead atoms. The monoisotopic (exact) mass is 395 g/mol. The Hall–Kier alpha value is -2.50. The van der Waals surface area contributed by atoms with Gasteiger partial charge in [-0.3, -0.25) is 4.79 Å². The largest absolute Gasteiger partial charge is 0.399 e. The number of ether oxygens (including phenoxy) is 1. The maximum atomic E-state index is 13.5. The number of rotatable bonds is 1. The lowest BCUT2D eigenvalue weighted by atomic mass is 9.71. The van der Waals surface area contributed by atoms with E-state index < -0.39 is 0 Å². The Morgan fingerprint density at radius 3 is 2.68 bits per heavy atom. The summed E-state index contributed by atoms with van der Waals surface area (Å²) in [7, 11) is 0. The molecule has 3 N–H and O–H groups in total. The number of hydrogen-bond acceptors (Lipinski definition) is 4. The first-order chi connectivity index (χ1) is 13.4. The first-order valence-corrected chi connectivity index (χ1v) is 9.89. The number of aromatic amines is 1. The predicted octanol–water partition coefficient (Wildman–Crippen LogP) is 4.11. The molecule has 5 nitrogen and oxygen atoms in total. The fourth-order valence-electron chi connectivity index (χ4n) is 4.50. The average molecular weight is 396 g/mol. The van der Waals surface area contributed by atoms with Gasteiger partial charge in [-0.05, 0) is 29.8 Å². The second-order valence-corrected chi connectivity index (χ2v) is 8.49. The number of halogens is 1. The van der Waals surface area contributed by atoms with E-state index in [-0.39, 0.29) is 11.2 Å². The molecular weight excluding hydrogens is 374 g/mol. The molecule has 1 aliphatic heterocycles. The van der Waals surface area contributed by atoms with Gasteiger partial charge < -0.3 is 20.4 Å². The van der Waals surface area contributed by atoms with Gasteiger partial charge in [-0.2, -0.15) is 0 Å². The summed E-state index contributed by atoms with van der Waals surface area (Å²) in [4.78, 5) is 19.1. The van der Waals surface area contributed by atoms with Crippen molar-refractivity contribution in [3.8, 4) is 0 Å². The molecule has 2 aliphatic rings. The van der Waals surface area contributed by atoms with E-state index in [4.69, 9.17) is 22.1 Å². The van der Waals surface area contributed by atoms with E-state index in [9.17, 15) is 4.79 Å². The van der Waals surface area contributed by atoms with Gasteiger partial charge in [0.15, 0.2) is 5.78 Å². The standard InChI is InChI=1S/C22H22ClN3O2/c1-22(2)15-11-18(26-5-7-28-8-6-26)16(23)10-14(15)20(27)19-13-4-3-12(24)9-17(13)25-21(19)22/h3-4,9-11,25H,5-8,24H2,1-2H3. The first-order valence-electron chi connectivity index (χ1n) is 9.51. The van der Waals surface area contributed by atoms with Gasteiger partial charge in [0.05, 0.1) is 29.5 Å². The number of aromatic nitrogens is 1. The lowest BCUT2D eigenvalue weighted by Crippen LogP contribution is -2.37. The molecule has 2 heterocycles. The molecule has 1 aliphatic carbocycles. The summed E-state index contributed by atoms with van der Waals surface area (Å²) in [5.74, 6) is 0.00998. The quantitative estimate of drug-likeness (QED) is 0.608. The number of nitrogen functional groups attached to an aromatic ring is 1. The Morgan fingerprint density at radius 1 is 1.18 bits per heavy atom. The lowest BCUT2D eigenvalue weighted by Gasteiger charge is -2.35. The molecule has 3 aromatic rings. The Kier molecular flexibility index (Phi) is 3.77. The maximum absolute atomic E-state index is 13.5. The summed E-state index contributed by atoms with van der Waals surface area (Å²) >= 11 is 6.63. The topological polar surface area (TPSA) is 71.3 Å². The third-order valence-corrected chi connectivity index (χ3v) is 6.33. The zero-order valence-electron chi connectivity index (χ0n) is 15.9. The molecule has 6 heteroatoms. The summed E-state index contributed by atoms with van der Waals surface area (Å²) in [5, 5.41) is 1.51. The minimum Gasteiger partial charge on any atom is -0.399 e. The molecule has 1 aromatic heterocycles. The number of H-pyrrole nitrogens is 1. The highest BCUT2D eigenvalue weighted by Crippen LogP contribution is 2.46. The van der Waals surface area contributed by atoms with Crippen molar-refractivity contribution in [3.05, 3.63) is 57.7 Å². The van der Waals surface area contributed by atoms with Gasteiger partial charge in [0.1, 0.15) is 0 Å². The van der Waals surface area contributed by atoms with Crippen LogP contribution in [0.4, 0.5) is 11.4 Å². The lowest BCUT2D eigenvalue weighted by molar-refractivity contribution is 0.103. The minimum atomic E-state index is -0.363. The van der Waals surface area contributed by atoms with E-state index in [0.29, 0.717) is 29.5 Å². The van der Waals surface area contributed by atoms with Crippen LogP contribution in [0.2, 0.25) is 5.02 Å². The van der Waals surface area contributed by atoms with Crippen molar-refractivity contribution in [2.24, 2.45) is 0 Å². The van der Waals surface area contributed by atoms with Crippen molar-refractivity contribution in [1.82, 2.24) is 4.98 Å². The van der Waals surface area contributed by atoms with Crippen LogP contribution >= 0.6 is 11.6 Å². The van der Waals surface area contributed by atoms with Crippen LogP contribution < -0.4 is 10.6 Å². The number of carbonyl (C=O) groups excluding carboxylic acids is 1. The number of benzene rings is 2. The fourth-order valence-corrected chi connectivity index (χ4v) is 4.79. The number of nitrogens with two attached hydrogens (primary N) is 1. The van der Waals surface area contributed by atoms with E-state index in [1.807, 2.05) is 24.3 Å². The first kappa shape index (κ1) is 17.6. The van der Waals surface area contributed by atoms with E-state index in [0.717, 1.165) is 46.5 Å². The highest BCUT2D eigenvalue weighted by atomic mass is 35.5. The third-order valence-electron chi connectivity index (χ3n) is 6.03. The molecule has 28 heavy (non-hydrogen) atoms. The average Bonchev–Trinajstić information content (AvgIpc) is 3.06. The number of nitrogens with one attached hydrogen (secondary N) is 1. The normalized spacial score (nSPS) is 18.2. The van der Waals surface area contributed by atoms with Crippen LogP contribution in [-0.2, 0) is 10.2 Å². The van der Waals surface area contributed by atoms with Crippen LogP contribution in [0.25, 0.3) is 10.9 Å². The number of nitrogens with zero attached hydrogens (tertiary/aromatic N) is 1. The molecule has 5 rings (SSSR count). The summed E-state index contributed by atoms with van der Waals surface area (Å²) < 4.78 is 5.47. The van der Waals surface area contributed by atoms with Crippen molar-refractivity contribution in [1.29, 1.82) is 0 Å². The van der Waals surface area contributed by atoms with E-state index in [2.05, 4.69) is 29.8 Å². The van der Waals surface area contributed by atoms with Gasteiger partial charge in [-0.15, -0.1) is 0 Å². The van der Waals surface area contributed by atoms with E-state index >= 15 is 0 Å². The number of anilines is 2. The molecule has 144 valence electrons. The SMILES string of the molecule is CC1(C)c2cc(N3CCOCC3)c(Cl)cc2C(=O)c2c1[nH]c1cc(N)ccc21. The summed E-state index contributed by atoms with van der Waals surface area (Å²) in [5.41, 5.74) is 11.4. The highest BCUT2D eigenvalue weighted by Gasteiger charge is 2.40. The predicted molar refractivity (Wildman–Crippen MR) is 113 cm³/mol. The maximum Gasteiger partial charge on any atom is 0.195 e. The van der Waals surface area contributed by atoms with Crippen LogP contribution in [0, 0.1) is 0 Å². The molecular formula is C22H22ClN3O2. The van der Waals surface area contributed by atoms with Gasteiger partial charge in [0.25, 0.3) is 0 Å². The van der Waals surface area contributed by atoms with Crippen LogP contribution in [0.3, 0.4) is 0 Å². The molecule has 1 saturated heterocycles. The Bertz CT molecular complexity index is 1130. The minimum absolute atomic E-state index is 0.00998. The van der Waals surface area contributed by atoms with Crippen LogP contribution in [-0.4, -0.2) is 37.1 Å². The van der Waals surface area contributed by atoms with Gasteiger partial charge in [-0.25, -0.2) is 0 Å². The zero-order valence-corrected chi connectivity index (χ0v) is 16.7. The molecule has 2 aromatic carbocycles. The van der Waals surface area contributed by atoms with Crippen molar-refractivity contribution in [2.75, 3.05) is 36.9 Å². The van der Waals surface area contributed by atoms with Gasteiger partial charge in [-0.1, -0.05) is 31.5 Å². The number of hydrogen-bond donors (Lipinski definition) is 2. The van der Waals surface area contributed by atoms with Gasteiger partial charge in [0.2, 0.25) is 0 Å². The van der Waals surface area contributed by atoms with Crippen molar-refractivity contribution >= 4 is 39.7 Å². The molecule has 0 atom stereocenters. The molecule has 0 saturated carbocycles. The second kappa shape index (κ2) is 6.00. The van der Waals surface area contributed by atoms with Crippen molar-refractivity contribution in [3.63, 3.8) is 0 Å². The van der Waals surface area contributed by atoms with Crippen LogP contribution in [0.1, 0.15) is 41.0 Å². The third kappa shape index (κ3) is 2.39. The molecule has 0 spiro atoms. The Balaban J connectivity index is 1.73. The molecule has 0 radical (unpaired) electrons. The van der Waals surface area contributed by atoms with Gasteiger partial charge >= 0.3 is 0 Å². The summed E-state index contributed by atoms with van der Waals surface area (Å²) in [6.45, 7) is 7.25. The smallest absolute Gasteiger partial charge is 0.195 e. The van der Waals surface area contributed by atoms with Gasteiger partial charge in [0, 0.05) is 46.4 Å². The zero-order chi connectivity index (χ0) is 19.6. The van der Waals surface area contributed by atoms with E-state index in [1.165, 1.54) is 0 Å². The van der Waals surface area contributed by atoms with Crippen molar-refractivity contribution in [2.45, 2.75) is 19.3 Å². The number of ketones is 1. The van der Waals surface area contributed by atoms with Crippen LogP contribution in [0.5, 0.6) is 0 Å². The number of morpholine rings is 1. The van der Waals surface area contributed by atoms with Crippen LogP contribution in [0.15, 0.2) is 30.3 Å². The molecule has 0 amide bonds. The number of carbonyl (C=O) groups is 1. The molecule has 0 unspecified atom stereocenters. The summed E-state index contributed by atoms with van der Waals surface area (Å²) in [6, 6.07) is 9.56. The highest BCUT2D eigenvalue weighted by molar-refractivity contribution is 6.34. The van der Waals surface area contributed by atoms with Crippen molar-refractivity contribution < 1.29 is 9.53 Å². The second-order valence-electron chi connectivity index (χ2n) is 8.08.